The van der Waals surface area contributed by atoms with Crippen molar-refractivity contribution in [1.82, 2.24) is 20.1 Å². The molecule has 0 saturated carbocycles. The minimum Gasteiger partial charge on any atom is -0.492 e. The van der Waals surface area contributed by atoms with E-state index in [0.717, 1.165) is 0 Å². The minimum absolute atomic E-state index is 0.0530. The third kappa shape index (κ3) is 6.22. The van der Waals surface area contributed by atoms with E-state index >= 15 is 0 Å². The molecule has 8 nitrogen and oxygen atoms in total. The van der Waals surface area contributed by atoms with E-state index in [2.05, 4.69) is 27.4 Å². The number of nitrogens with one attached hydrogen (secondary N) is 2. The standard InChI is InChI=1S/C24H26FN5O3S/c1-4-14-30-22(16(3)26-23(32)17-10-6-7-11-18(17)25)28-29-24(30)34-15-21(31)27-19-12-8-9-13-20(19)33-5-2/h4,6-13,16H,1,5,14-15H2,2-3H3,(H,26,32)(H,27,31). The Morgan fingerprint density at radius 1 is 1.21 bits per heavy atom. The van der Waals surface area contributed by atoms with E-state index < -0.39 is 17.8 Å². The number of hydrogen-bond donors (Lipinski definition) is 2. The Bertz CT molecular complexity index is 1170. The Balaban J connectivity index is 1.67. The molecule has 0 spiro atoms. The summed E-state index contributed by atoms with van der Waals surface area (Å²) in [5.74, 6) is -0.235. The van der Waals surface area contributed by atoms with Crippen LogP contribution in [0.25, 0.3) is 0 Å². The molecule has 0 aliphatic rings. The quantitative estimate of drug-likeness (QED) is 0.313. The lowest BCUT2D eigenvalue weighted by molar-refractivity contribution is -0.113. The zero-order valence-corrected chi connectivity index (χ0v) is 19.8. The van der Waals surface area contributed by atoms with Crippen LogP contribution in [0.5, 0.6) is 5.75 Å². The van der Waals surface area contributed by atoms with Crippen LogP contribution in [0, 0.1) is 5.82 Å². The number of benzene rings is 2. The van der Waals surface area contributed by atoms with Crippen molar-refractivity contribution in [3.8, 4) is 5.75 Å². The zero-order chi connectivity index (χ0) is 24.5. The van der Waals surface area contributed by atoms with Crippen molar-refractivity contribution in [2.24, 2.45) is 0 Å². The van der Waals surface area contributed by atoms with E-state index in [1.807, 2.05) is 19.1 Å². The number of amides is 2. The molecule has 0 saturated heterocycles. The molecule has 3 rings (SSSR count). The molecule has 0 aliphatic heterocycles. The summed E-state index contributed by atoms with van der Waals surface area (Å²) in [4.78, 5) is 25.0. The van der Waals surface area contributed by atoms with Gasteiger partial charge in [-0.1, -0.05) is 42.1 Å². The highest BCUT2D eigenvalue weighted by molar-refractivity contribution is 7.99. The SMILES string of the molecule is C=CCn1c(SCC(=O)Nc2ccccc2OCC)nnc1C(C)NC(=O)c1ccccc1F. The molecule has 10 heteroatoms. The number of nitrogens with zero attached hydrogens (tertiary/aromatic N) is 3. The summed E-state index contributed by atoms with van der Waals surface area (Å²) in [6, 6.07) is 12.4. The average Bonchev–Trinajstić information content (AvgIpc) is 3.22. The molecule has 34 heavy (non-hydrogen) atoms. The van der Waals surface area contributed by atoms with Gasteiger partial charge < -0.3 is 19.9 Å². The largest absolute Gasteiger partial charge is 0.492 e. The lowest BCUT2D eigenvalue weighted by Crippen LogP contribution is -2.29. The van der Waals surface area contributed by atoms with Gasteiger partial charge in [0.2, 0.25) is 5.91 Å². The summed E-state index contributed by atoms with van der Waals surface area (Å²) in [5, 5.41) is 14.4. The summed E-state index contributed by atoms with van der Waals surface area (Å²) >= 11 is 1.21. The second kappa shape index (κ2) is 12.0. The van der Waals surface area contributed by atoms with Crippen molar-refractivity contribution in [2.45, 2.75) is 31.6 Å². The van der Waals surface area contributed by atoms with Crippen LogP contribution in [0.2, 0.25) is 0 Å². The molecule has 1 heterocycles. The number of aromatic nitrogens is 3. The zero-order valence-electron chi connectivity index (χ0n) is 19.0. The van der Waals surface area contributed by atoms with Gasteiger partial charge in [0.1, 0.15) is 11.6 Å². The van der Waals surface area contributed by atoms with Crippen LogP contribution >= 0.6 is 11.8 Å². The van der Waals surface area contributed by atoms with Crippen LogP contribution in [0.4, 0.5) is 10.1 Å². The first-order valence-corrected chi connectivity index (χ1v) is 11.7. The van der Waals surface area contributed by atoms with Gasteiger partial charge in [-0.15, -0.1) is 16.8 Å². The van der Waals surface area contributed by atoms with Gasteiger partial charge in [0, 0.05) is 6.54 Å². The monoisotopic (exact) mass is 483 g/mol. The molecule has 0 bridgehead atoms. The third-order valence-electron chi connectivity index (χ3n) is 4.70. The first kappa shape index (κ1) is 25.0. The number of para-hydroxylation sites is 2. The number of halogens is 1. The number of carbonyl (C=O) groups excluding carboxylic acids is 2. The van der Waals surface area contributed by atoms with Gasteiger partial charge in [-0.05, 0) is 38.1 Å². The van der Waals surface area contributed by atoms with Crippen LogP contribution in [-0.2, 0) is 11.3 Å². The van der Waals surface area contributed by atoms with Crippen LogP contribution in [-0.4, -0.2) is 38.9 Å². The van der Waals surface area contributed by atoms with E-state index in [-0.39, 0.29) is 17.2 Å². The molecule has 0 fully saturated rings. The first-order chi connectivity index (χ1) is 16.4. The van der Waals surface area contributed by atoms with Crippen LogP contribution in [0.1, 0.15) is 36.1 Å². The van der Waals surface area contributed by atoms with Crippen molar-refractivity contribution in [2.75, 3.05) is 17.7 Å². The fourth-order valence-electron chi connectivity index (χ4n) is 3.18. The second-order valence-electron chi connectivity index (χ2n) is 7.18. The number of ether oxygens (including phenoxy) is 1. The Labute approximate surface area is 201 Å². The Morgan fingerprint density at radius 2 is 1.94 bits per heavy atom. The Hall–Kier alpha value is -3.66. The lowest BCUT2D eigenvalue weighted by atomic mass is 10.2. The molecule has 0 aliphatic carbocycles. The molecule has 1 aromatic heterocycles. The topological polar surface area (TPSA) is 98.1 Å². The summed E-state index contributed by atoms with van der Waals surface area (Å²) in [5.41, 5.74) is 0.537. The summed E-state index contributed by atoms with van der Waals surface area (Å²) in [6.45, 7) is 8.22. The molecule has 2 amide bonds. The molecule has 178 valence electrons. The van der Waals surface area contributed by atoms with E-state index in [0.29, 0.717) is 35.6 Å². The van der Waals surface area contributed by atoms with Crippen LogP contribution in [0.3, 0.4) is 0 Å². The van der Waals surface area contributed by atoms with E-state index in [1.54, 1.807) is 35.8 Å². The van der Waals surface area contributed by atoms with Gasteiger partial charge in [-0.3, -0.25) is 9.59 Å². The maximum Gasteiger partial charge on any atom is 0.254 e. The fourth-order valence-corrected chi connectivity index (χ4v) is 3.93. The minimum atomic E-state index is -0.604. The van der Waals surface area contributed by atoms with Crippen molar-refractivity contribution in [3.63, 3.8) is 0 Å². The van der Waals surface area contributed by atoms with Crippen molar-refractivity contribution in [1.29, 1.82) is 0 Å². The highest BCUT2D eigenvalue weighted by atomic mass is 32.2. The first-order valence-electron chi connectivity index (χ1n) is 10.7. The molecule has 1 unspecified atom stereocenters. The average molecular weight is 484 g/mol. The molecule has 2 aromatic carbocycles. The third-order valence-corrected chi connectivity index (χ3v) is 5.67. The van der Waals surface area contributed by atoms with E-state index in [9.17, 15) is 14.0 Å². The van der Waals surface area contributed by atoms with Crippen molar-refractivity contribution < 1.29 is 18.7 Å². The normalized spacial score (nSPS) is 11.5. The van der Waals surface area contributed by atoms with E-state index in [4.69, 9.17) is 4.74 Å². The number of allylic oxidation sites excluding steroid dienone is 1. The number of rotatable bonds is 11. The predicted octanol–water partition coefficient (Wildman–Crippen LogP) is 4.22. The van der Waals surface area contributed by atoms with Gasteiger partial charge >= 0.3 is 0 Å². The number of hydrogen-bond acceptors (Lipinski definition) is 6. The van der Waals surface area contributed by atoms with E-state index in [1.165, 1.54) is 30.0 Å². The number of carbonyl (C=O) groups is 2. The lowest BCUT2D eigenvalue weighted by Gasteiger charge is -2.15. The van der Waals surface area contributed by atoms with Gasteiger partial charge in [-0.25, -0.2) is 4.39 Å². The highest BCUT2D eigenvalue weighted by Crippen LogP contribution is 2.25. The van der Waals surface area contributed by atoms with Gasteiger partial charge in [0.05, 0.1) is 29.7 Å². The van der Waals surface area contributed by atoms with Gasteiger partial charge in [0.15, 0.2) is 11.0 Å². The van der Waals surface area contributed by atoms with Crippen LogP contribution < -0.4 is 15.4 Å². The molecule has 3 aromatic rings. The fraction of sp³-hybridized carbons (Fsp3) is 0.250. The molecular weight excluding hydrogens is 457 g/mol. The Kier molecular flexibility index (Phi) is 8.80. The van der Waals surface area contributed by atoms with Crippen molar-refractivity contribution in [3.05, 3.63) is 78.4 Å². The second-order valence-corrected chi connectivity index (χ2v) is 8.12. The maximum atomic E-state index is 13.9. The predicted molar refractivity (Wildman–Crippen MR) is 129 cm³/mol. The maximum absolute atomic E-state index is 13.9. The van der Waals surface area contributed by atoms with Gasteiger partial charge in [-0.2, -0.15) is 0 Å². The summed E-state index contributed by atoms with van der Waals surface area (Å²) in [7, 11) is 0. The van der Waals surface area contributed by atoms with Crippen LogP contribution in [0.15, 0.2) is 66.3 Å². The molecular formula is C24H26FN5O3S. The number of thioether (sulfide) groups is 1. The highest BCUT2D eigenvalue weighted by Gasteiger charge is 2.21. The Morgan fingerprint density at radius 3 is 2.68 bits per heavy atom. The summed E-state index contributed by atoms with van der Waals surface area (Å²) < 4.78 is 21.2. The molecule has 0 radical (unpaired) electrons. The molecule has 1 atom stereocenters. The molecule has 2 N–H and O–H groups in total. The van der Waals surface area contributed by atoms with Crippen molar-refractivity contribution >= 4 is 29.3 Å². The summed E-state index contributed by atoms with van der Waals surface area (Å²) in [6.07, 6.45) is 1.67. The van der Waals surface area contributed by atoms with Gasteiger partial charge in [0.25, 0.3) is 5.91 Å². The number of anilines is 1. The smallest absolute Gasteiger partial charge is 0.254 e.